The lowest BCUT2D eigenvalue weighted by Gasteiger charge is -2.37. The third-order valence-corrected chi connectivity index (χ3v) is 5.82. The molecule has 5 nitrogen and oxygen atoms in total. The number of Topliss-reactive ketones (excluding diaryl/α,β-unsaturated/α-hetero) is 1. The number of halogens is 4. The maximum absolute atomic E-state index is 13.1. The molecule has 0 aromatic heterocycles. The Morgan fingerprint density at radius 2 is 1.74 bits per heavy atom. The summed E-state index contributed by atoms with van der Waals surface area (Å²) in [6.07, 6.45) is -0.0838. The van der Waals surface area contributed by atoms with Gasteiger partial charge in [-0.1, -0.05) is 52.5 Å². The van der Waals surface area contributed by atoms with Crippen LogP contribution in [0, 0.1) is 0 Å². The molecule has 2 unspecified atom stereocenters. The fraction of sp³-hybridized carbons (Fsp3) is 0.222. The molecular weight excluding hydrogens is 434 g/mol. The Balaban J connectivity index is 2.05. The second-order valence-corrected chi connectivity index (χ2v) is 7.87. The second kappa shape index (κ2) is 7.86. The minimum absolute atomic E-state index is 0.0267. The van der Waals surface area contributed by atoms with Crippen LogP contribution in [-0.4, -0.2) is 22.9 Å². The van der Waals surface area contributed by atoms with Gasteiger partial charge in [-0.2, -0.15) is 0 Å². The van der Waals surface area contributed by atoms with E-state index >= 15 is 0 Å². The Hall–Kier alpha value is -1.50. The molecule has 0 radical (unpaired) electrons. The molecular formula is C18H14Cl4N2O3. The second-order valence-electron chi connectivity index (χ2n) is 6.21. The monoisotopic (exact) mass is 446 g/mol. The van der Waals surface area contributed by atoms with Gasteiger partial charge in [0.25, 0.3) is 0 Å². The van der Waals surface area contributed by atoms with Crippen molar-refractivity contribution < 1.29 is 14.7 Å². The van der Waals surface area contributed by atoms with Crippen LogP contribution in [0.4, 0.5) is 5.69 Å². The van der Waals surface area contributed by atoms with Gasteiger partial charge in [-0.15, -0.1) is 0 Å². The summed E-state index contributed by atoms with van der Waals surface area (Å²) in [5, 5.41) is 11.9. The standard InChI is InChI=1S/C18H14Cl4N2O3/c19-8-4-13(22)17-10(6-15(18(26)27)24(23)14(17)5-8)16(25)7-9-11(20)2-1-3-12(9)21/h1-5,10,15H,6-7,23H2,(H,26,27). The fourth-order valence-corrected chi connectivity index (χ4v) is 4.41. The van der Waals surface area contributed by atoms with E-state index in [1.54, 1.807) is 18.2 Å². The average Bonchev–Trinajstić information content (AvgIpc) is 2.58. The van der Waals surface area contributed by atoms with E-state index in [1.807, 2.05) is 0 Å². The number of carboxylic acid groups (broad SMARTS) is 1. The third kappa shape index (κ3) is 3.89. The number of hydrazine groups is 1. The molecule has 0 saturated heterocycles. The summed E-state index contributed by atoms with van der Waals surface area (Å²) in [6.45, 7) is 0. The highest BCUT2D eigenvalue weighted by Gasteiger charge is 2.40. The lowest BCUT2D eigenvalue weighted by atomic mass is 9.81. The first kappa shape index (κ1) is 20.2. The van der Waals surface area contributed by atoms with Crippen molar-refractivity contribution in [2.75, 3.05) is 5.01 Å². The van der Waals surface area contributed by atoms with Crippen molar-refractivity contribution >= 4 is 63.8 Å². The van der Waals surface area contributed by atoms with Crippen LogP contribution in [0.3, 0.4) is 0 Å². The third-order valence-electron chi connectivity index (χ3n) is 4.58. The smallest absolute Gasteiger partial charge is 0.327 e. The van der Waals surface area contributed by atoms with Gasteiger partial charge in [-0.3, -0.25) is 9.80 Å². The molecule has 27 heavy (non-hydrogen) atoms. The summed E-state index contributed by atoms with van der Waals surface area (Å²) >= 11 is 24.7. The van der Waals surface area contributed by atoms with E-state index < -0.39 is 17.9 Å². The first-order valence-electron chi connectivity index (χ1n) is 7.92. The minimum atomic E-state index is -1.15. The molecule has 0 spiro atoms. The molecule has 0 bridgehead atoms. The van der Waals surface area contributed by atoms with Crippen molar-refractivity contribution in [1.82, 2.24) is 0 Å². The zero-order chi connectivity index (χ0) is 19.9. The van der Waals surface area contributed by atoms with E-state index in [-0.39, 0.29) is 23.6 Å². The summed E-state index contributed by atoms with van der Waals surface area (Å²) in [5.41, 5.74) is 1.25. The van der Waals surface area contributed by atoms with Crippen molar-refractivity contribution in [2.24, 2.45) is 5.84 Å². The largest absolute Gasteiger partial charge is 0.480 e. The molecule has 142 valence electrons. The highest BCUT2D eigenvalue weighted by Crippen LogP contribution is 2.44. The molecule has 0 aliphatic carbocycles. The van der Waals surface area contributed by atoms with Gasteiger partial charge in [0, 0.05) is 38.0 Å². The number of nitrogens with two attached hydrogens (primary N) is 1. The Kier molecular flexibility index (Phi) is 5.89. The van der Waals surface area contributed by atoms with E-state index in [9.17, 15) is 14.7 Å². The molecule has 9 heteroatoms. The SMILES string of the molecule is NN1c2cc(Cl)cc(Cl)c2C(C(=O)Cc2c(Cl)cccc2Cl)CC1C(=O)O. The number of ketones is 1. The van der Waals surface area contributed by atoms with Crippen molar-refractivity contribution in [3.8, 4) is 0 Å². The van der Waals surface area contributed by atoms with E-state index in [1.165, 1.54) is 12.1 Å². The molecule has 1 aliphatic rings. The molecule has 0 fully saturated rings. The Labute approximate surface area is 175 Å². The zero-order valence-electron chi connectivity index (χ0n) is 13.8. The van der Waals surface area contributed by atoms with Crippen molar-refractivity contribution in [2.45, 2.75) is 24.8 Å². The predicted octanol–water partition coefficient (Wildman–Crippen LogP) is 4.73. The maximum atomic E-state index is 13.1. The number of hydrogen-bond donors (Lipinski definition) is 2. The lowest BCUT2D eigenvalue weighted by Crippen LogP contribution is -2.51. The summed E-state index contributed by atoms with van der Waals surface area (Å²) in [6, 6.07) is 6.86. The first-order chi connectivity index (χ1) is 12.7. The van der Waals surface area contributed by atoms with Crippen LogP contribution in [0.1, 0.15) is 23.5 Å². The van der Waals surface area contributed by atoms with Gasteiger partial charge in [0.1, 0.15) is 11.8 Å². The quantitative estimate of drug-likeness (QED) is 0.661. The van der Waals surface area contributed by atoms with Crippen LogP contribution in [-0.2, 0) is 16.0 Å². The summed E-state index contributed by atoms with van der Waals surface area (Å²) in [7, 11) is 0. The summed E-state index contributed by atoms with van der Waals surface area (Å²) in [4.78, 5) is 24.7. The molecule has 1 aliphatic heterocycles. The molecule has 0 saturated carbocycles. The molecule has 3 rings (SSSR count). The van der Waals surface area contributed by atoms with E-state index in [0.29, 0.717) is 31.9 Å². The topological polar surface area (TPSA) is 83.6 Å². The van der Waals surface area contributed by atoms with Gasteiger partial charge in [-0.05, 0) is 36.2 Å². The van der Waals surface area contributed by atoms with E-state index in [0.717, 1.165) is 5.01 Å². The number of fused-ring (bicyclic) bond motifs is 1. The average molecular weight is 448 g/mol. The number of benzene rings is 2. The Bertz CT molecular complexity index is 915. The van der Waals surface area contributed by atoms with Gasteiger partial charge in [-0.25, -0.2) is 10.6 Å². The zero-order valence-corrected chi connectivity index (χ0v) is 16.8. The Morgan fingerprint density at radius 1 is 1.11 bits per heavy atom. The van der Waals surface area contributed by atoms with Gasteiger partial charge in [0.2, 0.25) is 0 Å². The van der Waals surface area contributed by atoms with Crippen LogP contribution >= 0.6 is 46.4 Å². The normalized spacial score (nSPS) is 18.9. The van der Waals surface area contributed by atoms with E-state index in [4.69, 9.17) is 52.2 Å². The number of rotatable bonds is 4. The maximum Gasteiger partial charge on any atom is 0.327 e. The summed E-state index contributed by atoms with van der Waals surface area (Å²) < 4.78 is 0. The number of anilines is 1. The van der Waals surface area contributed by atoms with Crippen molar-refractivity contribution in [3.05, 3.63) is 61.5 Å². The van der Waals surface area contributed by atoms with Gasteiger partial charge in [0.05, 0.1) is 5.69 Å². The molecule has 1 heterocycles. The van der Waals surface area contributed by atoms with E-state index in [2.05, 4.69) is 0 Å². The highest BCUT2D eigenvalue weighted by molar-refractivity contribution is 6.37. The minimum Gasteiger partial charge on any atom is -0.480 e. The number of aliphatic carboxylic acids is 1. The van der Waals surface area contributed by atoms with Crippen LogP contribution < -0.4 is 10.9 Å². The molecule has 3 N–H and O–H groups in total. The van der Waals surface area contributed by atoms with Crippen molar-refractivity contribution in [3.63, 3.8) is 0 Å². The van der Waals surface area contributed by atoms with Crippen LogP contribution in [0.2, 0.25) is 20.1 Å². The van der Waals surface area contributed by atoms with Crippen LogP contribution in [0.25, 0.3) is 0 Å². The van der Waals surface area contributed by atoms with Crippen molar-refractivity contribution in [1.29, 1.82) is 0 Å². The number of carbonyl (C=O) groups is 2. The molecule has 2 aromatic rings. The molecule has 0 amide bonds. The lowest BCUT2D eigenvalue weighted by molar-refractivity contribution is -0.139. The van der Waals surface area contributed by atoms with Crippen LogP contribution in [0.5, 0.6) is 0 Å². The predicted molar refractivity (Wildman–Crippen MR) is 107 cm³/mol. The van der Waals surface area contributed by atoms with Gasteiger partial charge < -0.3 is 5.11 Å². The Morgan fingerprint density at radius 3 is 2.33 bits per heavy atom. The highest BCUT2D eigenvalue weighted by atomic mass is 35.5. The summed E-state index contributed by atoms with van der Waals surface area (Å²) in [5.74, 6) is 3.79. The molecule has 2 atom stereocenters. The number of nitrogens with zero attached hydrogens (tertiary/aromatic N) is 1. The van der Waals surface area contributed by atoms with Crippen LogP contribution in [0.15, 0.2) is 30.3 Å². The number of carboxylic acids is 1. The first-order valence-corrected chi connectivity index (χ1v) is 9.43. The molecule has 2 aromatic carbocycles. The van der Waals surface area contributed by atoms with Gasteiger partial charge >= 0.3 is 5.97 Å². The van der Waals surface area contributed by atoms with Gasteiger partial charge in [0.15, 0.2) is 0 Å². The number of carbonyl (C=O) groups excluding carboxylic acids is 1. The number of hydrogen-bond acceptors (Lipinski definition) is 4. The fourth-order valence-electron chi connectivity index (χ4n) is 3.26.